The Morgan fingerprint density at radius 3 is 2.61 bits per heavy atom. The molecule has 0 aliphatic carbocycles. The molecular weight excluding hydrogens is 470 g/mol. The Kier molecular flexibility index (Phi) is 8.36. The maximum Gasteiger partial charge on any atom is 0.255 e. The van der Waals surface area contributed by atoms with Crippen molar-refractivity contribution in [3.63, 3.8) is 0 Å². The summed E-state index contributed by atoms with van der Waals surface area (Å²) in [6.45, 7) is 10.9. The van der Waals surface area contributed by atoms with E-state index in [9.17, 15) is 4.79 Å². The van der Waals surface area contributed by atoms with Gasteiger partial charge in [0.15, 0.2) is 0 Å². The highest BCUT2D eigenvalue weighted by Gasteiger charge is 2.34. The van der Waals surface area contributed by atoms with E-state index in [-0.39, 0.29) is 5.91 Å². The monoisotopic (exact) mass is 505 g/mol. The molecular formula is C28H35N5O2S. The summed E-state index contributed by atoms with van der Waals surface area (Å²) in [7, 11) is 0. The van der Waals surface area contributed by atoms with Crippen molar-refractivity contribution in [3.8, 4) is 5.75 Å². The van der Waals surface area contributed by atoms with E-state index in [1.165, 1.54) is 0 Å². The molecule has 1 aliphatic heterocycles. The second-order valence-corrected chi connectivity index (χ2v) is 10.2. The van der Waals surface area contributed by atoms with Crippen molar-refractivity contribution in [2.24, 2.45) is 0 Å². The van der Waals surface area contributed by atoms with Crippen LogP contribution >= 0.6 is 11.8 Å². The number of unbranched alkanes of at least 4 members (excludes halogenated alkanes) is 2. The van der Waals surface area contributed by atoms with Crippen LogP contribution in [0.5, 0.6) is 5.75 Å². The van der Waals surface area contributed by atoms with Crippen LogP contribution < -0.4 is 15.4 Å². The minimum Gasteiger partial charge on any atom is -0.494 e. The number of aromatic nitrogens is 3. The normalized spacial score (nSPS) is 14.9. The number of ether oxygens (including phenoxy) is 1. The molecule has 4 rings (SSSR count). The van der Waals surface area contributed by atoms with Crippen LogP contribution in [0.4, 0.5) is 11.6 Å². The number of carbonyl (C=O) groups is 1. The molecule has 1 aliphatic rings. The SMILES string of the molecule is CCCCCOc1ccc(C2C(C(=O)Nc3cccc(C)c3C)=C(C)Nc3nc(SCC)nn32)cc1. The maximum atomic E-state index is 13.7. The number of carbonyl (C=O) groups excluding carboxylic acids is 1. The Bertz CT molecular complexity index is 1250. The lowest BCUT2D eigenvalue weighted by Crippen LogP contribution is -2.31. The first-order valence-corrected chi connectivity index (χ1v) is 13.6. The third-order valence-electron chi connectivity index (χ3n) is 6.42. The number of hydrogen-bond donors (Lipinski definition) is 2. The van der Waals surface area contributed by atoms with Crippen LogP contribution in [0.25, 0.3) is 0 Å². The van der Waals surface area contributed by atoms with Crippen molar-refractivity contribution in [3.05, 3.63) is 70.4 Å². The van der Waals surface area contributed by atoms with E-state index in [1.54, 1.807) is 11.8 Å². The van der Waals surface area contributed by atoms with Crippen LogP contribution in [0.15, 0.2) is 58.9 Å². The fourth-order valence-electron chi connectivity index (χ4n) is 4.29. The van der Waals surface area contributed by atoms with Crippen LogP contribution in [0.1, 0.15) is 62.8 Å². The fourth-order valence-corrected chi connectivity index (χ4v) is 4.84. The van der Waals surface area contributed by atoms with Crippen LogP contribution in [0, 0.1) is 13.8 Å². The first-order chi connectivity index (χ1) is 17.4. The molecule has 1 aromatic heterocycles. The summed E-state index contributed by atoms with van der Waals surface area (Å²) in [6.07, 6.45) is 3.36. The summed E-state index contributed by atoms with van der Waals surface area (Å²) < 4.78 is 7.73. The van der Waals surface area contributed by atoms with Gasteiger partial charge in [-0.25, -0.2) is 4.68 Å². The summed E-state index contributed by atoms with van der Waals surface area (Å²) in [5, 5.41) is 11.9. The van der Waals surface area contributed by atoms with Crippen LogP contribution in [-0.4, -0.2) is 33.0 Å². The Morgan fingerprint density at radius 1 is 1.11 bits per heavy atom. The largest absolute Gasteiger partial charge is 0.494 e. The maximum absolute atomic E-state index is 13.7. The van der Waals surface area contributed by atoms with E-state index in [4.69, 9.17) is 9.84 Å². The van der Waals surface area contributed by atoms with Gasteiger partial charge in [-0.15, -0.1) is 5.10 Å². The number of fused-ring (bicyclic) bond motifs is 1. The zero-order chi connectivity index (χ0) is 25.7. The summed E-state index contributed by atoms with van der Waals surface area (Å²) in [4.78, 5) is 18.4. The summed E-state index contributed by atoms with van der Waals surface area (Å²) in [5.74, 6) is 2.16. The topological polar surface area (TPSA) is 81.1 Å². The third-order valence-corrected chi connectivity index (χ3v) is 7.14. The van der Waals surface area contributed by atoms with E-state index in [0.29, 0.717) is 23.3 Å². The molecule has 0 spiro atoms. The van der Waals surface area contributed by atoms with E-state index < -0.39 is 6.04 Å². The molecule has 36 heavy (non-hydrogen) atoms. The quantitative estimate of drug-likeness (QED) is 0.242. The van der Waals surface area contributed by atoms with Gasteiger partial charge >= 0.3 is 0 Å². The molecule has 0 radical (unpaired) electrons. The van der Waals surface area contributed by atoms with Gasteiger partial charge in [-0.05, 0) is 67.8 Å². The molecule has 1 atom stereocenters. The first-order valence-electron chi connectivity index (χ1n) is 12.6. The zero-order valence-corrected chi connectivity index (χ0v) is 22.5. The van der Waals surface area contributed by atoms with Gasteiger partial charge < -0.3 is 15.4 Å². The highest BCUT2D eigenvalue weighted by Crippen LogP contribution is 2.37. The van der Waals surface area contributed by atoms with Gasteiger partial charge in [0.1, 0.15) is 11.8 Å². The number of rotatable bonds is 10. The smallest absolute Gasteiger partial charge is 0.255 e. The second kappa shape index (κ2) is 11.6. The number of thioether (sulfide) groups is 1. The van der Waals surface area contributed by atoms with E-state index in [2.05, 4.69) is 29.5 Å². The van der Waals surface area contributed by atoms with E-state index in [1.807, 2.05) is 67.9 Å². The second-order valence-electron chi connectivity index (χ2n) is 8.99. The minimum absolute atomic E-state index is 0.163. The average Bonchev–Trinajstić information content (AvgIpc) is 3.26. The van der Waals surface area contributed by atoms with Gasteiger partial charge in [0, 0.05) is 11.4 Å². The summed E-state index contributed by atoms with van der Waals surface area (Å²) in [6, 6.07) is 13.5. The van der Waals surface area contributed by atoms with Crippen molar-refractivity contribution in [1.29, 1.82) is 0 Å². The number of amides is 1. The lowest BCUT2D eigenvalue weighted by molar-refractivity contribution is -0.113. The van der Waals surface area contributed by atoms with Gasteiger partial charge in [-0.2, -0.15) is 4.98 Å². The van der Waals surface area contributed by atoms with Crippen molar-refractivity contribution >= 4 is 29.3 Å². The lowest BCUT2D eigenvalue weighted by atomic mass is 9.94. The number of aryl methyl sites for hydroxylation is 1. The molecule has 2 aromatic carbocycles. The molecule has 3 aromatic rings. The van der Waals surface area contributed by atoms with Gasteiger partial charge in [0.25, 0.3) is 5.91 Å². The molecule has 0 fully saturated rings. The highest BCUT2D eigenvalue weighted by atomic mass is 32.2. The molecule has 2 heterocycles. The summed E-state index contributed by atoms with van der Waals surface area (Å²) >= 11 is 1.58. The van der Waals surface area contributed by atoms with Crippen molar-refractivity contribution in [2.45, 2.75) is 65.1 Å². The molecule has 0 saturated heterocycles. The van der Waals surface area contributed by atoms with Gasteiger partial charge in [0.2, 0.25) is 11.1 Å². The number of nitrogens with zero attached hydrogens (tertiary/aromatic N) is 3. The molecule has 8 heteroatoms. The molecule has 1 amide bonds. The number of nitrogens with one attached hydrogen (secondary N) is 2. The van der Waals surface area contributed by atoms with Gasteiger partial charge in [0.05, 0.1) is 12.2 Å². The standard InChI is InChI=1S/C28H35N5O2S/c1-6-8-9-17-35-22-15-13-21(14-16-22)25-24(26(34)30-23-12-10-11-18(3)19(23)4)20(5)29-27-31-28(36-7-2)32-33(25)27/h10-16,25H,6-9,17H2,1-5H3,(H,30,34)(H,29,31,32). The van der Waals surface area contributed by atoms with Crippen LogP contribution in [0.2, 0.25) is 0 Å². The molecule has 2 N–H and O–H groups in total. The number of hydrogen-bond acceptors (Lipinski definition) is 6. The minimum atomic E-state index is -0.417. The van der Waals surface area contributed by atoms with E-state index in [0.717, 1.165) is 58.8 Å². The molecule has 7 nitrogen and oxygen atoms in total. The van der Waals surface area contributed by atoms with Gasteiger partial charge in [-0.3, -0.25) is 4.79 Å². The van der Waals surface area contributed by atoms with Crippen molar-refractivity contribution < 1.29 is 9.53 Å². The Balaban J connectivity index is 1.68. The first kappa shape index (κ1) is 25.8. The Morgan fingerprint density at radius 2 is 1.89 bits per heavy atom. The predicted octanol–water partition coefficient (Wildman–Crippen LogP) is 6.50. The Labute approximate surface area is 217 Å². The summed E-state index contributed by atoms with van der Waals surface area (Å²) in [5.41, 5.74) is 5.31. The van der Waals surface area contributed by atoms with Crippen LogP contribution in [0.3, 0.4) is 0 Å². The molecule has 0 saturated carbocycles. The average molecular weight is 506 g/mol. The van der Waals surface area contributed by atoms with E-state index >= 15 is 0 Å². The number of anilines is 2. The Hall–Kier alpha value is -3.26. The highest BCUT2D eigenvalue weighted by molar-refractivity contribution is 7.99. The third kappa shape index (κ3) is 5.59. The fraction of sp³-hybridized carbons (Fsp3) is 0.393. The molecule has 190 valence electrons. The van der Waals surface area contributed by atoms with Crippen molar-refractivity contribution in [2.75, 3.05) is 23.0 Å². The van der Waals surface area contributed by atoms with Crippen LogP contribution in [-0.2, 0) is 4.79 Å². The lowest BCUT2D eigenvalue weighted by Gasteiger charge is -2.29. The predicted molar refractivity (Wildman–Crippen MR) is 147 cm³/mol. The molecule has 1 unspecified atom stereocenters. The van der Waals surface area contributed by atoms with Gasteiger partial charge in [-0.1, -0.05) is 62.7 Å². The molecule has 0 bridgehead atoms. The van der Waals surface area contributed by atoms with Crippen molar-refractivity contribution in [1.82, 2.24) is 14.8 Å². The number of allylic oxidation sites excluding steroid dienone is 1. The number of benzene rings is 2. The zero-order valence-electron chi connectivity index (χ0n) is 21.7.